The Morgan fingerprint density at radius 2 is 1.85 bits per heavy atom. The molecule has 1 amide bonds. The van der Waals surface area contributed by atoms with Crippen LogP contribution >= 0.6 is 0 Å². The van der Waals surface area contributed by atoms with Crippen molar-refractivity contribution in [2.45, 2.75) is 39.2 Å². The molecule has 0 spiro atoms. The molecule has 0 saturated carbocycles. The number of rotatable bonds is 8. The number of imidazole rings is 1. The molecule has 0 unspecified atom stereocenters. The number of benzene rings is 2. The molecule has 2 aromatic carbocycles. The van der Waals surface area contributed by atoms with E-state index >= 15 is 0 Å². The summed E-state index contributed by atoms with van der Waals surface area (Å²) in [4.78, 5) is 15.2. The smallest absolute Gasteiger partial charge is 0.207 e. The van der Waals surface area contributed by atoms with Gasteiger partial charge >= 0.3 is 0 Å². The summed E-state index contributed by atoms with van der Waals surface area (Å²) in [6, 6.07) is 16.4. The van der Waals surface area contributed by atoms with Crippen molar-refractivity contribution in [3.8, 4) is 5.75 Å². The number of carbonyl (C=O) groups excluding carboxylic acids is 1. The number of nitrogens with zero attached hydrogens (tertiary/aromatic N) is 2. The topological polar surface area (TPSA) is 56.1 Å². The van der Waals surface area contributed by atoms with Crippen molar-refractivity contribution in [1.29, 1.82) is 0 Å². The lowest BCUT2D eigenvalue weighted by Gasteiger charge is -2.19. The van der Waals surface area contributed by atoms with Gasteiger partial charge in [-0.05, 0) is 35.2 Å². The highest BCUT2D eigenvalue weighted by molar-refractivity contribution is 5.75. The number of ether oxygens (including phenoxy) is 1. The van der Waals surface area contributed by atoms with Gasteiger partial charge in [0.25, 0.3) is 0 Å². The summed E-state index contributed by atoms with van der Waals surface area (Å²) >= 11 is 0. The van der Waals surface area contributed by atoms with E-state index in [0.717, 1.165) is 29.0 Å². The number of aromatic nitrogens is 2. The fourth-order valence-electron chi connectivity index (χ4n) is 3.11. The van der Waals surface area contributed by atoms with Crippen LogP contribution in [0.5, 0.6) is 5.75 Å². The Balaban J connectivity index is 1.68. The molecule has 0 aliphatic heterocycles. The van der Waals surface area contributed by atoms with E-state index in [-0.39, 0.29) is 5.41 Å². The molecule has 0 bridgehead atoms. The van der Waals surface area contributed by atoms with Gasteiger partial charge in [-0.1, -0.05) is 45.0 Å². The first-order valence-corrected chi connectivity index (χ1v) is 9.33. The van der Waals surface area contributed by atoms with Crippen LogP contribution in [0.2, 0.25) is 0 Å². The van der Waals surface area contributed by atoms with Crippen LogP contribution in [0.25, 0.3) is 11.0 Å². The van der Waals surface area contributed by atoms with Crippen LogP contribution in [0.1, 0.15) is 32.2 Å². The Morgan fingerprint density at radius 1 is 1.11 bits per heavy atom. The van der Waals surface area contributed by atoms with Crippen molar-refractivity contribution in [2.24, 2.45) is 0 Å². The maximum atomic E-state index is 10.5. The van der Waals surface area contributed by atoms with Crippen LogP contribution in [0, 0.1) is 0 Å². The lowest BCUT2D eigenvalue weighted by molar-refractivity contribution is -0.109. The minimum atomic E-state index is 0.138. The van der Waals surface area contributed by atoms with Gasteiger partial charge in [-0.15, -0.1) is 0 Å². The van der Waals surface area contributed by atoms with E-state index in [4.69, 9.17) is 9.72 Å². The van der Waals surface area contributed by atoms with Crippen LogP contribution in [0.3, 0.4) is 0 Å². The molecule has 0 aliphatic carbocycles. The zero-order valence-corrected chi connectivity index (χ0v) is 16.2. The lowest BCUT2D eigenvalue weighted by Crippen LogP contribution is -2.18. The molecular formula is C22H27N3O2. The van der Waals surface area contributed by atoms with Crippen LogP contribution in [0.15, 0.2) is 48.5 Å². The van der Waals surface area contributed by atoms with E-state index in [2.05, 4.69) is 48.9 Å². The SMILES string of the molecule is CC(C)(C)c1ccc(OCCn2c(CCNC=O)nc3ccccc32)cc1. The van der Waals surface area contributed by atoms with Gasteiger partial charge in [0.15, 0.2) is 0 Å². The summed E-state index contributed by atoms with van der Waals surface area (Å²) in [7, 11) is 0. The van der Waals surface area contributed by atoms with Crippen LogP contribution in [0.4, 0.5) is 0 Å². The first kappa shape index (κ1) is 19.0. The van der Waals surface area contributed by atoms with Gasteiger partial charge in [0.1, 0.15) is 18.2 Å². The van der Waals surface area contributed by atoms with Crippen molar-refractivity contribution in [1.82, 2.24) is 14.9 Å². The molecule has 0 fully saturated rings. The Labute approximate surface area is 160 Å². The second-order valence-corrected chi connectivity index (χ2v) is 7.61. The fraction of sp³-hybridized carbons (Fsp3) is 0.364. The van der Waals surface area contributed by atoms with E-state index in [1.807, 2.05) is 30.3 Å². The monoisotopic (exact) mass is 365 g/mol. The molecule has 27 heavy (non-hydrogen) atoms. The van der Waals surface area contributed by atoms with Gasteiger partial charge in [-0.25, -0.2) is 4.98 Å². The van der Waals surface area contributed by atoms with Crippen molar-refractivity contribution in [3.05, 3.63) is 59.9 Å². The predicted octanol–water partition coefficient (Wildman–Crippen LogP) is 3.70. The zero-order chi connectivity index (χ0) is 19.3. The largest absolute Gasteiger partial charge is 0.492 e. The second kappa shape index (κ2) is 8.25. The first-order chi connectivity index (χ1) is 13.0. The summed E-state index contributed by atoms with van der Waals surface area (Å²) in [5, 5.41) is 2.70. The van der Waals surface area contributed by atoms with E-state index in [9.17, 15) is 4.79 Å². The molecule has 1 aromatic heterocycles. The first-order valence-electron chi connectivity index (χ1n) is 9.33. The summed E-state index contributed by atoms with van der Waals surface area (Å²) < 4.78 is 8.13. The standard InChI is InChI=1S/C22H27N3O2/c1-22(2,3)17-8-10-18(11-9-17)27-15-14-25-20-7-5-4-6-19(20)24-21(25)12-13-23-16-26/h4-11,16H,12-15H2,1-3H3,(H,23,26). The van der Waals surface area contributed by atoms with E-state index in [1.165, 1.54) is 5.56 Å². The Morgan fingerprint density at radius 3 is 2.56 bits per heavy atom. The number of carbonyl (C=O) groups is 1. The third-order valence-electron chi connectivity index (χ3n) is 4.61. The lowest BCUT2D eigenvalue weighted by atomic mass is 9.87. The van der Waals surface area contributed by atoms with Gasteiger partial charge in [0.05, 0.1) is 17.6 Å². The average Bonchev–Trinajstić information content (AvgIpc) is 2.99. The minimum absolute atomic E-state index is 0.138. The predicted molar refractivity (Wildman–Crippen MR) is 108 cm³/mol. The van der Waals surface area contributed by atoms with Gasteiger partial charge in [-0.2, -0.15) is 0 Å². The zero-order valence-electron chi connectivity index (χ0n) is 16.2. The van der Waals surface area contributed by atoms with Gasteiger partial charge in [0, 0.05) is 13.0 Å². The molecule has 0 saturated heterocycles. The molecule has 1 heterocycles. The highest BCUT2D eigenvalue weighted by Crippen LogP contribution is 2.24. The number of hydrogen-bond donors (Lipinski definition) is 1. The normalized spacial score (nSPS) is 11.5. The molecule has 3 rings (SSSR count). The van der Waals surface area contributed by atoms with Crippen molar-refractivity contribution in [3.63, 3.8) is 0 Å². The summed E-state index contributed by atoms with van der Waals surface area (Å²) in [6.07, 6.45) is 1.41. The fourth-order valence-corrected chi connectivity index (χ4v) is 3.11. The number of nitrogens with one attached hydrogen (secondary N) is 1. The number of hydrogen-bond acceptors (Lipinski definition) is 3. The molecule has 1 N–H and O–H groups in total. The van der Waals surface area contributed by atoms with Crippen molar-refractivity contribution >= 4 is 17.4 Å². The molecule has 142 valence electrons. The molecule has 0 aliphatic rings. The maximum absolute atomic E-state index is 10.5. The maximum Gasteiger partial charge on any atom is 0.207 e. The van der Waals surface area contributed by atoms with Crippen molar-refractivity contribution < 1.29 is 9.53 Å². The van der Waals surface area contributed by atoms with Gasteiger partial charge in [0.2, 0.25) is 6.41 Å². The Hall–Kier alpha value is -2.82. The molecule has 3 aromatic rings. The molecular weight excluding hydrogens is 338 g/mol. The highest BCUT2D eigenvalue weighted by atomic mass is 16.5. The summed E-state index contributed by atoms with van der Waals surface area (Å²) in [6.45, 7) is 8.44. The number of amides is 1. The van der Waals surface area contributed by atoms with E-state index in [1.54, 1.807) is 0 Å². The van der Waals surface area contributed by atoms with E-state index < -0.39 is 0 Å². The quantitative estimate of drug-likeness (QED) is 0.489. The van der Waals surface area contributed by atoms with Crippen LogP contribution < -0.4 is 10.1 Å². The second-order valence-electron chi connectivity index (χ2n) is 7.61. The third-order valence-corrected chi connectivity index (χ3v) is 4.61. The third kappa shape index (κ3) is 4.67. The van der Waals surface area contributed by atoms with Crippen LogP contribution in [-0.2, 0) is 23.2 Å². The highest BCUT2D eigenvalue weighted by Gasteiger charge is 2.13. The molecule has 0 atom stereocenters. The Kier molecular flexibility index (Phi) is 5.79. The van der Waals surface area contributed by atoms with E-state index in [0.29, 0.717) is 26.1 Å². The summed E-state index contributed by atoms with van der Waals surface area (Å²) in [5.74, 6) is 1.83. The van der Waals surface area contributed by atoms with Crippen LogP contribution in [-0.4, -0.2) is 29.1 Å². The molecule has 5 heteroatoms. The Bertz CT molecular complexity index is 892. The molecule has 0 radical (unpaired) electrons. The van der Waals surface area contributed by atoms with Crippen molar-refractivity contribution in [2.75, 3.05) is 13.2 Å². The molecule has 5 nitrogen and oxygen atoms in total. The van der Waals surface area contributed by atoms with Gasteiger partial charge < -0.3 is 14.6 Å². The number of para-hydroxylation sites is 2. The summed E-state index contributed by atoms with van der Waals surface area (Å²) in [5.41, 5.74) is 3.48. The van der Waals surface area contributed by atoms with Gasteiger partial charge in [-0.3, -0.25) is 4.79 Å². The average molecular weight is 365 g/mol. The minimum Gasteiger partial charge on any atom is -0.492 e. The number of fused-ring (bicyclic) bond motifs is 1.